The highest BCUT2D eigenvalue weighted by Crippen LogP contribution is 2.06. The Balaban J connectivity index is 3.74. The number of likely N-dealkylation sites (N-methyl/N-ethyl adjacent to an activating group) is 1. The number of hydrogen-bond donors (Lipinski definition) is 1. The molecule has 0 amide bonds. The van der Waals surface area contributed by atoms with Crippen molar-refractivity contribution in [2.45, 2.75) is 26.3 Å². The Morgan fingerprint density at radius 2 is 1.88 bits per heavy atom. The summed E-state index contributed by atoms with van der Waals surface area (Å²) >= 11 is 0. The van der Waals surface area contributed by atoms with E-state index in [4.69, 9.17) is 14.2 Å². The lowest BCUT2D eigenvalue weighted by molar-refractivity contribution is -0.150. The molecule has 0 fully saturated rings. The number of esters is 1. The number of carbonyl (C=O) groups is 1. The van der Waals surface area contributed by atoms with Gasteiger partial charge in [0.05, 0.1) is 26.9 Å². The van der Waals surface area contributed by atoms with Crippen molar-refractivity contribution in [2.24, 2.45) is 5.92 Å². The second-order valence-corrected chi connectivity index (χ2v) is 4.60. The van der Waals surface area contributed by atoms with Crippen LogP contribution >= 0.6 is 0 Å². The molecule has 0 saturated heterocycles. The Hall–Kier alpha value is -0.650. The molecule has 0 bridgehead atoms. The first-order valence-corrected chi connectivity index (χ1v) is 5.89. The predicted octanol–water partition coefficient (Wildman–Crippen LogP) is 0.827. The molecule has 0 aromatic rings. The van der Waals surface area contributed by atoms with Crippen molar-refractivity contribution in [3.8, 4) is 0 Å². The minimum Gasteiger partial charge on any atom is -0.468 e. The van der Waals surface area contributed by atoms with E-state index < -0.39 is 5.54 Å². The summed E-state index contributed by atoms with van der Waals surface area (Å²) in [5.41, 5.74) is -0.799. The third-order valence-electron chi connectivity index (χ3n) is 2.40. The highest BCUT2D eigenvalue weighted by atomic mass is 16.5. The van der Waals surface area contributed by atoms with Crippen LogP contribution in [0.25, 0.3) is 0 Å². The zero-order chi connectivity index (χ0) is 13.3. The number of ether oxygens (including phenoxy) is 3. The van der Waals surface area contributed by atoms with Crippen molar-refractivity contribution < 1.29 is 19.0 Å². The summed E-state index contributed by atoms with van der Waals surface area (Å²) in [5, 5.41) is 2.90. The van der Waals surface area contributed by atoms with Crippen LogP contribution in [0.4, 0.5) is 0 Å². The smallest absolute Gasteiger partial charge is 0.328 e. The van der Waals surface area contributed by atoms with E-state index in [2.05, 4.69) is 19.2 Å². The maximum absolute atomic E-state index is 11.5. The lowest BCUT2D eigenvalue weighted by Crippen LogP contribution is -2.52. The lowest BCUT2D eigenvalue weighted by Gasteiger charge is -2.25. The lowest BCUT2D eigenvalue weighted by atomic mass is 10.1. The number of nitrogens with one attached hydrogen (secondary N) is 1. The summed E-state index contributed by atoms with van der Waals surface area (Å²) in [5.74, 6) is 0.191. The molecule has 0 aromatic heterocycles. The standard InChI is InChI=1S/C12H25NO4/c1-10(2)8-16-6-7-17-9-12(3,13-4)11(14)15-5/h10,13H,6-9H2,1-5H3. The molecule has 5 nitrogen and oxygen atoms in total. The van der Waals surface area contributed by atoms with Gasteiger partial charge in [0.1, 0.15) is 5.54 Å². The Kier molecular flexibility index (Phi) is 8.12. The quantitative estimate of drug-likeness (QED) is 0.483. The maximum atomic E-state index is 11.5. The van der Waals surface area contributed by atoms with Gasteiger partial charge in [0.15, 0.2) is 0 Å². The summed E-state index contributed by atoms with van der Waals surface area (Å²) < 4.78 is 15.5. The summed E-state index contributed by atoms with van der Waals surface area (Å²) in [7, 11) is 3.07. The van der Waals surface area contributed by atoms with Crippen molar-refractivity contribution >= 4 is 5.97 Å². The normalized spacial score (nSPS) is 14.7. The molecule has 0 aliphatic carbocycles. The number of methoxy groups -OCH3 is 1. The van der Waals surface area contributed by atoms with Crippen molar-refractivity contribution in [1.82, 2.24) is 5.32 Å². The molecule has 0 heterocycles. The third kappa shape index (κ3) is 6.61. The fourth-order valence-corrected chi connectivity index (χ4v) is 1.17. The van der Waals surface area contributed by atoms with Gasteiger partial charge in [-0.25, -0.2) is 4.79 Å². The van der Waals surface area contributed by atoms with Gasteiger partial charge in [-0.3, -0.25) is 0 Å². The van der Waals surface area contributed by atoms with E-state index in [0.29, 0.717) is 19.1 Å². The molecule has 1 N–H and O–H groups in total. The largest absolute Gasteiger partial charge is 0.468 e. The molecular formula is C12H25NO4. The highest BCUT2D eigenvalue weighted by molar-refractivity contribution is 5.80. The molecule has 5 heteroatoms. The van der Waals surface area contributed by atoms with E-state index in [-0.39, 0.29) is 12.6 Å². The second kappa shape index (κ2) is 8.44. The first kappa shape index (κ1) is 16.4. The van der Waals surface area contributed by atoms with Gasteiger partial charge in [-0.1, -0.05) is 13.8 Å². The molecule has 0 rings (SSSR count). The third-order valence-corrected chi connectivity index (χ3v) is 2.40. The van der Waals surface area contributed by atoms with E-state index in [1.807, 2.05) is 0 Å². The molecule has 1 atom stereocenters. The van der Waals surface area contributed by atoms with Gasteiger partial charge >= 0.3 is 5.97 Å². The molecule has 0 saturated carbocycles. The van der Waals surface area contributed by atoms with Crippen molar-refractivity contribution in [3.63, 3.8) is 0 Å². The monoisotopic (exact) mass is 247 g/mol. The van der Waals surface area contributed by atoms with Crippen LogP contribution < -0.4 is 5.32 Å². The van der Waals surface area contributed by atoms with Gasteiger partial charge in [0.2, 0.25) is 0 Å². The number of rotatable bonds is 9. The molecule has 17 heavy (non-hydrogen) atoms. The van der Waals surface area contributed by atoms with E-state index >= 15 is 0 Å². The van der Waals surface area contributed by atoms with Crippen molar-refractivity contribution in [3.05, 3.63) is 0 Å². The van der Waals surface area contributed by atoms with Gasteiger partial charge in [-0.2, -0.15) is 0 Å². The van der Waals surface area contributed by atoms with Gasteiger partial charge in [-0.15, -0.1) is 0 Å². The van der Waals surface area contributed by atoms with Gasteiger partial charge in [0, 0.05) is 6.61 Å². The van der Waals surface area contributed by atoms with Gasteiger partial charge in [-0.05, 0) is 19.9 Å². The predicted molar refractivity (Wildman–Crippen MR) is 66.0 cm³/mol. The van der Waals surface area contributed by atoms with E-state index in [0.717, 1.165) is 6.61 Å². The van der Waals surface area contributed by atoms with Gasteiger partial charge < -0.3 is 19.5 Å². The molecule has 1 unspecified atom stereocenters. The highest BCUT2D eigenvalue weighted by Gasteiger charge is 2.32. The Bertz CT molecular complexity index is 221. The topological polar surface area (TPSA) is 56.8 Å². The average Bonchev–Trinajstić information content (AvgIpc) is 2.31. The summed E-state index contributed by atoms with van der Waals surface area (Å²) in [6.45, 7) is 7.94. The summed E-state index contributed by atoms with van der Waals surface area (Å²) in [6, 6.07) is 0. The summed E-state index contributed by atoms with van der Waals surface area (Å²) in [6.07, 6.45) is 0. The zero-order valence-electron chi connectivity index (χ0n) is 11.5. The van der Waals surface area contributed by atoms with E-state index in [1.165, 1.54) is 7.11 Å². The first-order chi connectivity index (χ1) is 7.96. The molecular weight excluding hydrogens is 222 g/mol. The van der Waals surface area contributed by atoms with Crippen LogP contribution in [0.1, 0.15) is 20.8 Å². The maximum Gasteiger partial charge on any atom is 0.328 e. The molecule has 0 aliphatic rings. The van der Waals surface area contributed by atoms with Crippen molar-refractivity contribution in [2.75, 3.05) is 40.6 Å². The fourth-order valence-electron chi connectivity index (χ4n) is 1.17. The first-order valence-electron chi connectivity index (χ1n) is 5.89. The van der Waals surface area contributed by atoms with Crippen molar-refractivity contribution in [1.29, 1.82) is 0 Å². The van der Waals surface area contributed by atoms with Crippen LogP contribution in [0.5, 0.6) is 0 Å². The second-order valence-electron chi connectivity index (χ2n) is 4.60. The van der Waals surface area contributed by atoms with Crippen LogP contribution in [0.2, 0.25) is 0 Å². The Morgan fingerprint density at radius 3 is 2.35 bits per heavy atom. The molecule has 102 valence electrons. The van der Waals surface area contributed by atoms with Crippen LogP contribution in [0, 0.1) is 5.92 Å². The van der Waals surface area contributed by atoms with Gasteiger partial charge in [0.25, 0.3) is 0 Å². The SMILES string of the molecule is CNC(C)(COCCOCC(C)C)C(=O)OC. The minimum atomic E-state index is -0.799. The summed E-state index contributed by atoms with van der Waals surface area (Å²) in [4.78, 5) is 11.5. The molecule has 0 spiro atoms. The minimum absolute atomic E-state index is 0.265. The molecule has 0 radical (unpaired) electrons. The van der Waals surface area contributed by atoms with Crippen LogP contribution in [0.3, 0.4) is 0 Å². The van der Waals surface area contributed by atoms with Crippen LogP contribution in [-0.2, 0) is 19.0 Å². The van der Waals surface area contributed by atoms with Crippen LogP contribution in [-0.4, -0.2) is 52.1 Å². The zero-order valence-corrected chi connectivity index (χ0v) is 11.5. The Morgan fingerprint density at radius 1 is 1.29 bits per heavy atom. The number of carbonyl (C=O) groups excluding carboxylic acids is 1. The van der Waals surface area contributed by atoms with Crippen LogP contribution in [0.15, 0.2) is 0 Å². The van der Waals surface area contributed by atoms with E-state index in [9.17, 15) is 4.79 Å². The number of hydrogen-bond acceptors (Lipinski definition) is 5. The van der Waals surface area contributed by atoms with E-state index in [1.54, 1.807) is 14.0 Å². The fraction of sp³-hybridized carbons (Fsp3) is 0.917. The average molecular weight is 247 g/mol. The molecule has 0 aromatic carbocycles. The Labute approximate surface area is 104 Å². The molecule has 0 aliphatic heterocycles.